The molecule has 7 unspecified atom stereocenters. The van der Waals surface area contributed by atoms with Gasteiger partial charge in [-0.25, -0.2) is 23.9 Å². The highest BCUT2D eigenvalue weighted by Gasteiger charge is 2.43. The second-order valence-electron chi connectivity index (χ2n) is 21.2. The monoisotopic (exact) mass is 1240 g/mol. The van der Waals surface area contributed by atoms with Gasteiger partial charge in [-0.1, -0.05) is 85.8 Å². The third-order valence-electron chi connectivity index (χ3n) is 13.2. The van der Waals surface area contributed by atoms with E-state index < -0.39 is 76.8 Å². The highest BCUT2D eigenvalue weighted by Crippen LogP contribution is 2.45. The molecule has 2 aliphatic heterocycles. The summed E-state index contributed by atoms with van der Waals surface area (Å²) in [6.07, 6.45) is 3.36. The number of rotatable bonds is 28. The van der Waals surface area contributed by atoms with Crippen LogP contribution in [-0.4, -0.2) is 154 Å². The van der Waals surface area contributed by atoms with E-state index in [1.165, 1.54) is 34.1 Å². The fourth-order valence-corrected chi connectivity index (χ4v) is 12.3. The third kappa shape index (κ3) is 22.3. The van der Waals surface area contributed by atoms with E-state index in [4.69, 9.17) is 44.7 Å². The van der Waals surface area contributed by atoms with Gasteiger partial charge in [0.2, 0.25) is 17.7 Å². The van der Waals surface area contributed by atoms with Gasteiger partial charge in [0.1, 0.15) is 60.4 Å². The summed E-state index contributed by atoms with van der Waals surface area (Å²) in [5, 5.41) is 19.9. The molecule has 1 saturated carbocycles. The molecule has 2 saturated heterocycles. The fraction of sp³-hybridized carbons (Fsp3) is 0.647. The Morgan fingerprint density at radius 2 is 1.65 bits per heavy atom. The Labute approximate surface area is 487 Å². The Kier molecular flexibility index (Phi) is 25.7. The number of carbonyl (C=O) groups excluding carboxylic acids is 4. The molecule has 0 radical (unpaired) electrons. The Morgan fingerprint density at radius 1 is 0.892 bits per heavy atom. The quantitative estimate of drug-likeness (QED) is 0.0164. The number of esters is 1. The molecule has 3 aliphatic rings. The lowest BCUT2D eigenvalue weighted by Crippen LogP contribution is -2.50. The van der Waals surface area contributed by atoms with Crippen LogP contribution in [0.4, 0.5) is 11.6 Å². The van der Waals surface area contributed by atoms with Crippen molar-refractivity contribution in [2.24, 2.45) is 11.3 Å². The second kappa shape index (κ2) is 31.8. The maximum absolute atomic E-state index is 13.4. The van der Waals surface area contributed by atoms with Crippen molar-refractivity contribution in [3.05, 3.63) is 40.3 Å². The van der Waals surface area contributed by atoms with Crippen LogP contribution in [0.15, 0.2) is 23.4 Å². The van der Waals surface area contributed by atoms with E-state index >= 15 is 0 Å². The molecule has 83 heavy (non-hydrogen) atoms. The fourth-order valence-electron chi connectivity index (χ4n) is 9.10. The third-order valence-corrected chi connectivity index (χ3v) is 16.7. The van der Waals surface area contributed by atoms with Gasteiger partial charge in [0, 0.05) is 55.8 Å². The van der Waals surface area contributed by atoms with E-state index in [0.29, 0.717) is 67.1 Å². The molecule has 0 spiro atoms. The lowest BCUT2D eigenvalue weighted by Gasteiger charge is -2.24. The van der Waals surface area contributed by atoms with Crippen LogP contribution in [-0.2, 0) is 56.3 Å². The van der Waals surface area contributed by atoms with Gasteiger partial charge in [0.05, 0.1) is 49.1 Å². The van der Waals surface area contributed by atoms with Crippen molar-refractivity contribution < 1.29 is 81.0 Å². The number of fused-ring (bicyclic) bond motifs is 1. The zero-order chi connectivity index (χ0) is 60.3. The zero-order valence-electron chi connectivity index (χ0n) is 46.3. The van der Waals surface area contributed by atoms with Gasteiger partial charge in [0.15, 0.2) is 6.61 Å². The van der Waals surface area contributed by atoms with Crippen LogP contribution >= 0.6 is 37.2 Å². The number of nitrogen functional groups attached to an aromatic ring is 2. The number of amides is 3. The van der Waals surface area contributed by atoms with Crippen molar-refractivity contribution in [1.29, 1.82) is 0 Å². The summed E-state index contributed by atoms with van der Waals surface area (Å²) in [5.74, 6) is 10.9. The Bertz CT molecular complexity index is 3000. The number of carbonyl (C=O) groups is 4. The summed E-state index contributed by atoms with van der Waals surface area (Å²) in [6.45, 7) is 6.10. The number of nitrogens with two attached hydrogens (primary N) is 2. The predicted molar refractivity (Wildman–Crippen MR) is 305 cm³/mol. The van der Waals surface area contributed by atoms with Gasteiger partial charge >= 0.3 is 27.3 Å². The minimum Gasteiger partial charge on any atom is -0.452 e. The summed E-state index contributed by atoms with van der Waals surface area (Å²) < 4.78 is 57.7. The van der Waals surface area contributed by atoms with Crippen molar-refractivity contribution >= 4 is 83.6 Å². The van der Waals surface area contributed by atoms with E-state index in [1.54, 1.807) is 10.6 Å². The van der Waals surface area contributed by atoms with Crippen LogP contribution < -0.4 is 33.1 Å². The maximum Gasteiger partial charge on any atom is 0.469 e. The standard InChI is InChI=1S/C51H74N10O18P2S2/c1-51(2,3)30-74-27-39-37(62)24-43(77-39)61-34(23-35-46(53)56-31-57-47(35)61)16-11-21-75-44(64)18-12-22-82-83-29-36(58-48(65)32-13-6-4-7-14-32)49(66)55-19-9-5-8-17-41(63)54-20-10-15-33-26-60(50(67)59-45(33)52)42-25-38(79-81(71,72)73)40(78-42)28-76-80(68,69)70/h23,26,31-32,36-40,42-43,62H,4-9,12-14,17-22,24-25,27-30H2,1-3H3,(H,54,63)(H,55,66)(H,58,65)(H2,52,59,67)(H2,53,56,57)(H2,68,69,70)(H2,71,72,73). The first kappa shape index (κ1) is 67.0. The molecule has 7 atom stereocenters. The molecule has 3 amide bonds. The van der Waals surface area contributed by atoms with Crippen molar-refractivity contribution in [2.45, 2.75) is 147 Å². The molecule has 28 nitrogen and oxygen atoms in total. The SMILES string of the molecule is CC(C)(C)COCC1OC(n2c(C#CCOC(=O)CCCSSCC(NC(=O)C3CCCCC3)C(=O)NCCCCCC(=O)NCC#Cc3cn(C4CC(OP(=O)(O)O)C(COP(=O)(O)O)O4)c(=O)nc3N)cc3c(N)ncnc32)CC1O. The Hall–Kier alpha value is -5.14. The first-order valence-corrected chi connectivity index (χ1v) is 32.6. The Balaban J connectivity index is 0.890. The second-order valence-corrected chi connectivity index (χ2v) is 26.2. The summed E-state index contributed by atoms with van der Waals surface area (Å²) >= 11 is 0. The summed E-state index contributed by atoms with van der Waals surface area (Å²) in [5.41, 5.74) is 12.1. The lowest BCUT2D eigenvalue weighted by atomic mass is 9.88. The van der Waals surface area contributed by atoms with E-state index in [0.717, 1.165) is 36.7 Å². The number of hydrogen-bond acceptors (Lipinski definition) is 21. The summed E-state index contributed by atoms with van der Waals surface area (Å²) in [6, 6.07) is 0.947. The molecular weight excluding hydrogens is 1170 g/mol. The number of unbranched alkanes of at least 4 members (excludes halogenated alkanes) is 2. The van der Waals surface area contributed by atoms with E-state index in [2.05, 4.69) is 79.9 Å². The van der Waals surface area contributed by atoms with Crippen LogP contribution in [0.25, 0.3) is 11.0 Å². The van der Waals surface area contributed by atoms with Crippen molar-refractivity contribution in [2.75, 3.05) is 62.5 Å². The van der Waals surface area contributed by atoms with Crippen LogP contribution in [0.3, 0.4) is 0 Å². The zero-order valence-corrected chi connectivity index (χ0v) is 49.8. The van der Waals surface area contributed by atoms with Gasteiger partial charge < -0.3 is 71.0 Å². The molecule has 5 heterocycles. The normalized spacial score (nSPS) is 20.7. The van der Waals surface area contributed by atoms with Gasteiger partial charge in [0.25, 0.3) is 0 Å². The highest BCUT2D eigenvalue weighted by atomic mass is 33.1. The van der Waals surface area contributed by atoms with Crippen LogP contribution in [0, 0.1) is 35.0 Å². The number of ether oxygens (including phenoxy) is 4. The average molecular weight is 1240 g/mol. The average Bonchev–Trinajstić information content (AvgIpc) is 3.31. The van der Waals surface area contributed by atoms with Gasteiger partial charge in [-0.05, 0) is 49.5 Å². The highest BCUT2D eigenvalue weighted by molar-refractivity contribution is 8.76. The van der Waals surface area contributed by atoms with Crippen molar-refractivity contribution in [1.82, 2.24) is 40.0 Å². The van der Waals surface area contributed by atoms with E-state index in [1.807, 2.05) is 0 Å². The number of nitrogens with zero attached hydrogens (tertiary/aromatic N) is 5. The van der Waals surface area contributed by atoms with Crippen LogP contribution in [0.5, 0.6) is 0 Å². The van der Waals surface area contributed by atoms with E-state index in [-0.39, 0.29) is 91.7 Å². The first-order valence-electron chi connectivity index (χ1n) is 27.1. The molecule has 0 bridgehead atoms. The van der Waals surface area contributed by atoms with Gasteiger partial charge in [-0.2, -0.15) is 4.98 Å². The lowest BCUT2D eigenvalue weighted by molar-refractivity contribution is -0.142. The molecule has 3 aromatic rings. The molecule has 3 aromatic heterocycles. The molecule has 0 aromatic carbocycles. The predicted octanol–water partition coefficient (Wildman–Crippen LogP) is 2.70. The number of nitrogens with one attached hydrogen (secondary N) is 3. The number of anilines is 2. The van der Waals surface area contributed by atoms with Gasteiger partial charge in [-0.3, -0.25) is 37.4 Å². The number of hydrogen-bond donors (Lipinski definition) is 10. The minimum atomic E-state index is -5.10. The molecule has 3 fully saturated rings. The number of phosphoric ester groups is 2. The van der Waals surface area contributed by atoms with Crippen molar-refractivity contribution in [3.8, 4) is 23.7 Å². The molecule has 458 valence electrons. The summed E-state index contributed by atoms with van der Waals surface area (Å²) in [4.78, 5) is 114. The Morgan fingerprint density at radius 3 is 2.39 bits per heavy atom. The number of aliphatic hydroxyl groups is 1. The largest absolute Gasteiger partial charge is 0.469 e. The van der Waals surface area contributed by atoms with Crippen molar-refractivity contribution in [3.63, 3.8) is 0 Å². The molecule has 12 N–H and O–H groups in total. The van der Waals surface area contributed by atoms with Crippen LogP contribution in [0.1, 0.15) is 128 Å². The molecule has 32 heteroatoms. The smallest absolute Gasteiger partial charge is 0.452 e. The van der Waals surface area contributed by atoms with Gasteiger partial charge in [-0.15, -0.1) is 0 Å². The number of aliphatic hydroxyl groups excluding tert-OH is 1. The van der Waals surface area contributed by atoms with Crippen LogP contribution in [0.2, 0.25) is 0 Å². The topological polar surface area (TPSA) is 413 Å². The number of aromatic nitrogens is 5. The molecule has 6 rings (SSSR count). The number of phosphoric acid groups is 2. The minimum absolute atomic E-state index is 0.0448. The maximum atomic E-state index is 13.4. The molecular formula is C51H74N10O18P2S2. The first-order chi connectivity index (χ1) is 39.3. The molecule has 1 aliphatic carbocycles. The van der Waals surface area contributed by atoms with E-state index in [9.17, 15) is 48.0 Å². The summed E-state index contributed by atoms with van der Waals surface area (Å²) in [7, 11) is -7.21.